The highest BCUT2D eigenvalue weighted by Crippen LogP contribution is 2.31. The molecule has 2 aliphatic heterocycles. The number of hydrogen-bond donors (Lipinski definition) is 1. The van der Waals surface area contributed by atoms with Gasteiger partial charge >= 0.3 is 0 Å². The fourth-order valence-electron chi connectivity index (χ4n) is 1.93. The standard InChI is InChI=1S/C11H13N5O2S2/c1-18-5-9-14-15-10(20-9)13-8(17)4-7-6-19-11-12-2-3-16(7)11/h6H,2-5H2,1H3,(H,13,15,17). The summed E-state index contributed by atoms with van der Waals surface area (Å²) in [7, 11) is 1.60. The predicted molar refractivity (Wildman–Crippen MR) is 78.6 cm³/mol. The van der Waals surface area contributed by atoms with Crippen LogP contribution < -0.4 is 5.32 Å². The number of carbonyl (C=O) groups excluding carboxylic acids is 1. The van der Waals surface area contributed by atoms with Crippen LogP contribution in [0.25, 0.3) is 0 Å². The Morgan fingerprint density at radius 3 is 3.30 bits per heavy atom. The maximum absolute atomic E-state index is 12.0. The summed E-state index contributed by atoms with van der Waals surface area (Å²) >= 11 is 2.89. The number of methoxy groups -OCH3 is 1. The van der Waals surface area contributed by atoms with Crippen LogP contribution in [0.1, 0.15) is 11.4 Å². The molecule has 0 radical (unpaired) electrons. The van der Waals surface area contributed by atoms with E-state index in [9.17, 15) is 4.79 Å². The quantitative estimate of drug-likeness (QED) is 0.882. The van der Waals surface area contributed by atoms with Gasteiger partial charge in [-0.2, -0.15) is 0 Å². The van der Waals surface area contributed by atoms with Gasteiger partial charge in [0.25, 0.3) is 0 Å². The lowest BCUT2D eigenvalue weighted by atomic mass is 10.3. The average molecular weight is 311 g/mol. The summed E-state index contributed by atoms with van der Waals surface area (Å²) < 4.78 is 4.96. The van der Waals surface area contributed by atoms with E-state index in [1.165, 1.54) is 11.3 Å². The van der Waals surface area contributed by atoms with Crippen molar-refractivity contribution in [1.82, 2.24) is 15.1 Å². The van der Waals surface area contributed by atoms with E-state index in [1.54, 1.807) is 18.9 Å². The summed E-state index contributed by atoms with van der Waals surface area (Å²) in [5, 5.41) is 14.8. The molecule has 0 bridgehead atoms. The van der Waals surface area contributed by atoms with Gasteiger partial charge in [-0.15, -0.1) is 10.2 Å². The Hall–Kier alpha value is -1.45. The van der Waals surface area contributed by atoms with Crippen molar-refractivity contribution < 1.29 is 9.53 Å². The fourth-order valence-corrected chi connectivity index (χ4v) is 3.61. The van der Waals surface area contributed by atoms with Crippen LogP contribution >= 0.6 is 23.1 Å². The zero-order chi connectivity index (χ0) is 13.9. The number of amides is 1. The monoisotopic (exact) mass is 311 g/mol. The van der Waals surface area contributed by atoms with Gasteiger partial charge < -0.3 is 15.0 Å². The van der Waals surface area contributed by atoms with Crippen LogP contribution in [0.15, 0.2) is 16.1 Å². The number of aliphatic imine (C=N–C) groups is 1. The molecule has 9 heteroatoms. The number of amidine groups is 1. The Labute approximate surface area is 124 Å². The van der Waals surface area contributed by atoms with Gasteiger partial charge in [-0.05, 0) is 5.41 Å². The van der Waals surface area contributed by atoms with Crippen LogP contribution in [0.3, 0.4) is 0 Å². The van der Waals surface area contributed by atoms with Gasteiger partial charge in [0, 0.05) is 19.4 Å². The maximum atomic E-state index is 12.0. The SMILES string of the molecule is COCc1nnc(NC(=O)CC2=CSC3=NCCN23)s1. The van der Waals surface area contributed by atoms with Crippen molar-refractivity contribution in [3.05, 3.63) is 16.1 Å². The summed E-state index contributed by atoms with van der Waals surface area (Å²) in [5.41, 5.74) is 0.991. The lowest BCUT2D eigenvalue weighted by Crippen LogP contribution is -2.24. The van der Waals surface area contributed by atoms with Crippen molar-refractivity contribution in [2.24, 2.45) is 4.99 Å². The third-order valence-corrected chi connectivity index (χ3v) is 4.53. The van der Waals surface area contributed by atoms with Crippen LogP contribution in [0, 0.1) is 0 Å². The normalized spacial score (nSPS) is 16.9. The number of ether oxygens (including phenoxy) is 1. The van der Waals surface area contributed by atoms with E-state index in [1.807, 2.05) is 5.41 Å². The predicted octanol–water partition coefficient (Wildman–Crippen LogP) is 1.27. The van der Waals surface area contributed by atoms with Crippen LogP contribution in [-0.2, 0) is 16.1 Å². The zero-order valence-corrected chi connectivity index (χ0v) is 12.5. The fraction of sp³-hybridized carbons (Fsp3) is 0.455. The minimum atomic E-state index is -0.0925. The van der Waals surface area contributed by atoms with Crippen molar-refractivity contribution in [2.75, 3.05) is 25.5 Å². The van der Waals surface area contributed by atoms with E-state index >= 15 is 0 Å². The smallest absolute Gasteiger partial charge is 0.232 e. The number of nitrogens with zero attached hydrogens (tertiary/aromatic N) is 4. The van der Waals surface area contributed by atoms with Gasteiger partial charge in [0.05, 0.1) is 13.0 Å². The largest absolute Gasteiger partial charge is 0.377 e. The second-order valence-electron chi connectivity index (χ2n) is 4.20. The van der Waals surface area contributed by atoms with E-state index in [4.69, 9.17) is 4.74 Å². The number of carbonyl (C=O) groups is 1. The second-order valence-corrected chi connectivity index (χ2v) is 6.10. The van der Waals surface area contributed by atoms with Crippen molar-refractivity contribution >= 4 is 39.3 Å². The second kappa shape index (κ2) is 5.90. The molecular weight excluding hydrogens is 298 g/mol. The first-order chi connectivity index (χ1) is 9.76. The number of hydrogen-bond acceptors (Lipinski definition) is 8. The van der Waals surface area contributed by atoms with Gasteiger partial charge in [-0.1, -0.05) is 23.1 Å². The highest BCUT2D eigenvalue weighted by Gasteiger charge is 2.27. The van der Waals surface area contributed by atoms with Crippen molar-refractivity contribution in [3.63, 3.8) is 0 Å². The molecule has 0 unspecified atom stereocenters. The first kappa shape index (κ1) is 13.5. The van der Waals surface area contributed by atoms with E-state index in [-0.39, 0.29) is 5.91 Å². The Morgan fingerprint density at radius 1 is 1.55 bits per heavy atom. The summed E-state index contributed by atoms with van der Waals surface area (Å²) in [5.74, 6) is -0.0925. The lowest BCUT2D eigenvalue weighted by Gasteiger charge is -2.15. The Balaban J connectivity index is 1.55. The zero-order valence-electron chi connectivity index (χ0n) is 10.8. The third kappa shape index (κ3) is 2.84. The molecular formula is C11H13N5O2S2. The molecule has 0 saturated heterocycles. The Kier molecular flexibility index (Phi) is 3.99. The molecule has 7 nitrogen and oxygen atoms in total. The molecule has 0 aliphatic carbocycles. The number of fused-ring (bicyclic) bond motifs is 1. The van der Waals surface area contributed by atoms with E-state index in [0.29, 0.717) is 18.2 Å². The number of nitrogens with one attached hydrogen (secondary N) is 1. The summed E-state index contributed by atoms with van der Waals surface area (Å²) in [6.45, 7) is 2.07. The first-order valence-electron chi connectivity index (χ1n) is 6.05. The molecule has 1 aromatic rings. The minimum absolute atomic E-state index is 0.0925. The van der Waals surface area contributed by atoms with E-state index in [2.05, 4.69) is 25.4 Å². The Morgan fingerprint density at radius 2 is 2.45 bits per heavy atom. The molecule has 0 atom stereocenters. The number of aromatic nitrogens is 2. The molecule has 20 heavy (non-hydrogen) atoms. The molecule has 1 amide bonds. The average Bonchev–Trinajstić information content (AvgIpc) is 3.09. The van der Waals surface area contributed by atoms with Crippen LogP contribution in [0.5, 0.6) is 0 Å². The molecule has 3 heterocycles. The number of thioether (sulfide) groups is 1. The topological polar surface area (TPSA) is 79.7 Å². The number of anilines is 1. The molecule has 1 aromatic heterocycles. The van der Waals surface area contributed by atoms with Crippen LogP contribution in [0.4, 0.5) is 5.13 Å². The van der Waals surface area contributed by atoms with Crippen LogP contribution in [-0.4, -0.2) is 46.4 Å². The molecule has 1 N–H and O–H groups in total. The van der Waals surface area contributed by atoms with Gasteiger partial charge in [0.2, 0.25) is 11.0 Å². The van der Waals surface area contributed by atoms with E-state index in [0.717, 1.165) is 29.0 Å². The van der Waals surface area contributed by atoms with Gasteiger partial charge in [-0.3, -0.25) is 9.79 Å². The summed E-state index contributed by atoms with van der Waals surface area (Å²) in [4.78, 5) is 18.4. The minimum Gasteiger partial charge on any atom is -0.377 e. The van der Waals surface area contributed by atoms with Crippen molar-refractivity contribution in [3.8, 4) is 0 Å². The molecule has 0 saturated carbocycles. The highest BCUT2D eigenvalue weighted by atomic mass is 32.2. The molecule has 0 spiro atoms. The highest BCUT2D eigenvalue weighted by molar-refractivity contribution is 8.16. The number of rotatable bonds is 5. The molecule has 3 rings (SSSR count). The first-order valence-corrected chi connectivity index (χ1v) is 7.75. The lowest BCUT2D eigenvalue weighted by molar-refractivity contribution is -0.115. The molecule has 106 valence electrons. The Bertz CT molecular complexity index is 583. The molecule has 0 fully saturated rings. The van der Waals surface area contributed by atoms with Gasteiger partial charge in [0.15, 0.2) is 5.17 Å². The summed E-state index contributed by atoms with van der Waals surface area (Å²) in [6.07, 6.45) is 0.325. The molecule has 2 aliphatic rings. The van der Waals surface area contributed by atoms with Gasteiger partial charge in [0.1, 0.15) is 11.6 Å². The van der Waals surface area contributed by atoms with Crippen molar-refractivity contribution in [2.45, 2.75) is 13.0 Å². The van der Waals surface area contributed by atoms with Crippen LogP contribution in [0.2, 0.25) is 0 Å². The van der Waals surface area contributed by atoms with Gasteiger partial charge in [-0.25, -0.2) is 0 Å². The molecule has 0 aromatic carbocycles. The van der Waals surface area contributed by atoms with E-state index < -0.39 is 0 Å². The maximum Gasteiger partial charge on any atom is 0.232 e. The third-order valence-electron chi connectivity index (χ3n) is 2.77. The van der Waals surface area contributed by atoms with Crippen molar-refractivity contribution in [1.29, 1.82) is 0 Å². The summed E-state index contributed by atoms with van der Waals surface area (Å²) in [6, 6.07) is 0.